The Labute approximate surface area is 113 Å². The van der Waals surface area contributed by atoms with Crippen LogP contribution in [0.2, 0.25) is 0 Å². The SMILES string of the molecule is CCCCCCCCc1csc2c(C)csc12. The van der Waals surface area contributed by atoms with Crippen LogP contribution in [0.15, 0.2) is 10.8 Å². The van der Waals surface area contributed by atoms with Crippen molar-refractivity contribution in [2.75, 3.05) is 0 Å². The van der Waals surface area contributed by atoms with Crippen molar-refractivity contribution in [3.63, 3.8) is 0 Å². The van der Waals surface area contributed by atoms with Gasteiger partial charge in [-0.15, -0.1) is 22.7 Å². The lowest BCUT2D eigenvalue weighted by Crippen LogP contribution is -1.83. The topological polar surface area (TPSA) is 0 Å². The predicted octanol–water partition coefficient (Wildman–Crippen LogP) is 6.17. The summed E-state index contributed by atoms with van der Waals surface area (Å²) in [7, 11) is 0. The number of unbranched alkanes of at least 4 members (excludes halogenated alkanes) is 5. The van der Waals surface area contributed by atoms with E-state index in [0.717, 1.165) is 0 Å². The van der Waals surface area contributed by atoms with Crippen molar-refractivity contribution in [1.29, 1.82) is 0 Å². The largest absolute Gasteiger partial charge is 0.142 e. The predicted molar refractivity (Wildman–Crippen MR) is 81.5 cm³/mol. The van der Waals surface area contributed by atoms with Gasteiger partial charge in [0.2, 0.25) is 0 Å². The Balaban J connectivity index is 1.79. The summed E-state index contributed by atoms with van der Waals surface area (Å²) in [4.78, 5) is 0. The minimum atomic E-state index is 1.28. The molecule has 2 aromatic heterocycles. The van der Waals surface area contributed by atoms with Gasteiger partial charge in [-0.2, -0.15) is 0 Å². The molecule has 0 N–H and O–H groups in total. The molecule has 0 aromatic carbocycles. The van der Waals surface area contributed by atoms with E-state index in [1.807, 2.05) is 22.7 Å². The molecule has 0 bridgehead atoms. The van der Waals surface area contributed by atoms with Crippen molar-refractivity contribution >= 4 is 32.1 Å². The smallest absolute Gasteiger partial charge is 0.0485 e. The quantitative estimate of drug-likeness (QED) is 0.525. The Morgan fingerprint density at radius 1 is 0.882 bits per heavy atom. The van der Waals surface area contributed by atoms with Gasteiger partial charge in [0.05, 0.1) is 0 Å². The third kappa shape index (κ3) is 3.32. The highest BCUT2D eigenvalue weighted by Gasteiger charge is 2.07. The average Bonchev–Trinajstić information content (AvgIpc) is 2.88. The Bertz CT molecular complexity index is 450. The lowest BCUT2D eigenvalue weighted by molar-refractivity contribution is 0.608. The highest BCUT2D eigenvalue weighted by atomic mass is 32.1. The maximum absolute atomic E-state index is 2.38. The molecular weight excluding hydrogens is 244 g/mol. The van der Waals surface area contributed by atoms with E-state index in [9.17, 15) is 0 Å². The maximum atomic E-state index is 2.38. The Hall–Kier alpha value is -0.340. The molecule has 0 unspecified atom stereocenters. The molecule has 0 aliphatic carbocycles. The molecule has 0 fully saturated rings. The summed E-state index contributed by atoms with van der Waals surface area (Å²) in [6.45, 7) is 4.51. The van der Waals surface area contributed by atoms with Gasteiger partial charge in [0.25, 0.3) is 0 Å². The molecule has 17 heavy (non-hydrogen) atoms. The van der Waals surface area contributed by atoms with E-state index in [-0.39, 0.29) is 0 Å². The van der Waals surface area contributed by atoms with Crippen LogP contribution in [-0.4, -0.2) is 0 Å². The van der Waals surface area contributed by atoms with E-state index >= 15 is 0 Å². The van der Waals surface area contributed by atoms with Crippen LogP contribution in [0, 0.1) is 6.92 Å². The average molecular weight is 266 g/mol. The van der Waals surface area contributed by atoms with Crippen LogP contribution in [-0.2, 0) is 6.42 Å². The van der Waals surface area contributed by atoms with E-state index in [1.54, 1.807) is 10.3 Å². The van der Waals surface area contributed by atoms with Crippen LogP contribution in [0.1, 0.15) is 56.6 Å². The molecule has 0 aliphatic rings. The summed E-state index contributed by atoms with van der Waals surface area (Å²) in [5, 5.41) is 4.67. The van der Waals surface area contributed by atoms with Gasteiger partial charge in [-0.1, -0.05) is 39.0 Å². The standard InChI is InChI=1S/C15H22S2/c1-3-4-5-6-7-8-9-13-11-17-14-12(2)10-16-15(13)14/h10-11H,3-9H2,1-2H3. The van der Waals surface area contributed by atoms with Crippen molar-refractivity contribution in [1.82, 2.24) is 0 Å². The van der Waals surface area contributed by atoms with E-state index in [4.69, 9.17) is 0 Å². The van der Waals surface area contributed by atoms with Crippen molar-refractivity contribution in [2.24, 2.45) is 0 Å². The fourth-order valence-electron chi connectivity index (χ4n) is 2.25. The van der Waals surface area contributed by atoms with Crippen molar-refractivity contribution in [2.45, 2.75) is 58.8 Å². The molecule has 0 saturated heterocycles. The van der Waals surface area contributed by atoms with Crippen molar-refractivity contribution in [3.05, 3.63) is 21.9 Å². The highest BCUT2D eigenvalue weighted by molar-refractivity contribution is 7.26. The van der Waals surface area contributed by atoms with Gasteiger partial charge in [0.1, 0.15) is 0 Å². The second kappa shape index (κ2) is 6.55. The lowest BCUT2D eigenvalue weighted by atomic mass is 10.1. The monoisotopic (exact) mass is 266 g/mol. The first-order valence-electron chi connectivity index (χ1n) is 6.77. The van der Waals surface area contributed by atoms with Crippen LogP contribution in [0.4, 0.5) is 0 Å². The zero-order valence-corrected chi connectivity index (χ0v) is 12.6. The van der Waals surface area contributed by atoms with Gasteiger partial charge in [-0.25, -0.2) is 0 Å². The Morgan fingerprint density at radius 3 is 2.41 bits per heavy atom. The van der Waals surface area contributed by atoms with Crippen LogP contribution in [0.5, 0.6) is 0 Å². The van der Waals surface area contributed by atoms with Gasteiger partial charge < -0.3 is 0 Å². The second-order valence-corrected chi connectivity index (χ2v) is 6.61. The number of hydrogen-bond acceptors (Lipinski definition) is 2. The van der Waals surface area contributed by atoms with Crippen LogP contribution in [0.25, 0.3) is 9.40 Å². The van der Waals surface area contributed by atoms with Crippen LogP contribution in [0.3, 0.4) is 0 Å². The molecule has 0 spiro atoms. The summed E-state index contributed by atoms with van der Waals surface area (Å²) >= 11 is 3.86. The van der Waals surface area contributed by atoms with Gasteiger partial charge >= 0.3 is 0 Å². The van der Waals surface area contributed by atoms with Crippen molar-refractivity contribution in [3.8, 4) is 0 Å². The Morgan fingerprint density at radius 2 is 1.59 bits per heavy atom. The van der Waals surface area contributed by atoms with Gasteiger partial charge in [0.15, 0.2) is 0 Å². The lowest BCUT2D eigenvalue weighted by Gasteiger charge is -1.99. The van der Waals surface area contributed by atoms with Gasteiger partial charge in [-0.05, 0) is 41.7 Å². The summed E-state index contributed by atoms with van der Waals surface area (Å²) in [5.74, 6) is 0. The van der Waals surface area contributed by atoms with Gasteiger partial charge in [-0.3, -0.25) is 0 Å². The van der Waals surface area contributed by atoms with Crippen LogP contribution >= 0.6 is 22.7 Å². The zero-order valence-electron chi connectivity index (χ0n) is 10.9. The first kappa shape index (κ1) is 13.1. The maximum Gasteiger partial charge on any atom is 0.0485 e. The zero-order chi connectivity index (χ0) is 12.1. The summed E-state index contributed by atoms with van der Waals surface area (Å²) < 4.78 is 3.08. The molecule has 0 atom stereocenters. The Kier molecular flexibility index (Phi) is 5.05. The molecule has 2 heterocycles. The molecule has 2 heteroatoms. The highest BCUT2D eigenvalue weighted by Crippen LogP contribution is 2.34. The fourth-order valence-corrected chi connectivity index (χ4v) is 4.66. The number of rotatable bonds is 7. The summed E-state index contributed by atoms with van der Waals surface area (Å²) in [6.07, 6.45) is 9.66. The molecule has 2 aromatic rings. The van der Waals surface area contributed by atoms with E-state index in [0.29, 0.717) is 0 Å². The third-order valence-electron chi connectivity index (χ3n) is 3.33. The van der Waals surface area contributed by atoms with Crippen molar-refractivity contribution < 1.29 is 0 Å². The molecule has 0 amide bonds. The van der Waals surface area contributed by atoms with E-state index in [2.05, 4.69) is 24.6 Å². The minimum Gasteiger partial charge on any atom is -0.142 e. The normalized spacial score (nSPS) is 11.4. The molecule has 94 valence electrons. The molecule has 0 nitrogen and oxygen atoms in total. The number of fused-ring (bicyclic) bond motifs is 1. The van der Waals surface area contributed by atoms with Gasteiger partial charge in [0, 0.05) is 9.40 Å². The summed E-state index contributed by atoms with van der Waals surface area (Å²) in [5.41, 5.74) is 3.06. The number of hydrogen-bond donors (Lipinski definition) is 0. The minimum absolute atomic E-state index is 1.28. The first-order valence-corrected chi connectivity index (χ1v) is 8.53. The molecule has 0 saturated carbocycles. The first-order chi connectivity index (χ1) is 8.33. The van der Waals surface area contributed by atoms with E-state index < -0.39 is 0 Å². The van der Waals surface area contributed by atoms with E-state index in [1.165, 1.54) is 55.2 Å². The molecule has 0 radical (unpaired) electrons. The van der Waals surface area contributed by atoms with Crippen LogP contribution < -0.4 is 0 Å². The molecule has 0 aliphatic heterocycles. The number of aryl methyl sites for hydroxylation is 2. The number of thiophene rings is 2. The molecule has 2 rings (SSSR count). The third-order valence-corrected chi connectivity index (χ3v) is 5.80. The molecular formula is C15H22S2. The fraction of sp³-hybridized carbons (Fsp3) is 0.600. The second-order valence-electron chi connectivity index (χ2n) is 4.86. The summed E-state index contributed by atoms with van der Waals surface area (Å²) in [6, 6.07) is 0.